The molecule has 0 amide bonds. The Morgan fingerprint density at radius 1 is 1.29 bits per heavy atom. The van der Waals surface area contributed by atoms with Crippen LogP contribution in [0.1, 0.15) is 44.1 Å². The number of hydrogen-bond donors (Lipinski definition) is 1. The first-order valence-corrected chi connectivity index (χ1v) is 8.57. The summed E-state index contributed by atoms with van der Waals surface area (Å²) in [6, 6.07) is 4.17. The predicted octanol–water partition coefficient (Wildman–Crippen LogP) is 3.39. The van der Waals surface area contributed by atoms with E-state index in [0.717, 1.165) is 5.56 Å². The number of aryl methyl sites for hydroxylation is 1. The maximum absolute atomic E-state index is 12.4. The van der Waals surface area contributed by atoms with Gasteiger partial charge in [-0.1, -0.05) is 37.0 Å². The number of fused-ring (bicyclic) bond motifs is 1. The Morgan fingerprint density at radius 2 is 1.92 bits per heavy atom. The third kappa shape index (κ3) is 3.82. The molecule has 1 aromatic heterocycles. The standard InChI is InChI=1S/C14H13Cl2N3O3.C2H6/c15-9-4-8(5-10(16)6-9)7-18-14(22)19-11(13(20)21)2-1-3-12(19)17-18;1-2/h4-6,11H,1-3,7H2,(H,20,21);1-2H3. The fourth-order valence-electron chi connectivity index (χ4n) is 2.74. The second-order valence-electron chi connectivity index (χ2n) is 5.25. The van der Waals surface area contributed by atoms with Crippen LogP contribution in [0.15, 0.2) is 23.0 Å². The molecule has 0 spiro atoms. The van der Waals surface area contributed by atoms with Crippen molar-refractivity contribution in [1.29, 1.82) is 0 Å². The molecule has 0 bridgehead atoms. The van der Waals surface area contributed by atoms with Crippen LogP contribution in [-0.4, -0.2) is 25.4 Å². The summed E-state index contributed by atoms with van der Waals surface area (Å²) in [6.07, 6.45) is 1.75. The highest BCUT2D eigenvalue weighted by Crippen LogP contribution is 2.23. The fourth-order valence-corrected chi connectivity index (χ4v) is 3.31. The van der Waals surface area contributed by atoms with Crippen molar-refractivity contribution in [3.05, 3.63) is 50.1 Å². The van der Waals surface area contributed by atoms with E-state index >= 15 is 0 Å². The molecule has 0 fully saturated rings. The molecule has 6 nitrogen and oxygen atoms in total. The van der Waals surface area contributed by atoms with Gasteiger partial charge in [0.1, 0.15) is 11.9 Å². The average Bonchev–Trinajstić information content (AvgIpc) is 2.84. The molecule has 1 aromatic carbocycles. The van der Waals surface area contributed by atoms with E-state index in [0.29, 0.717) is 35.1 Å². The van der Waals surface area contributed by atoms with Crippen molar-refractivity contribution in [3.8, 4) is 0 Å². The highest BCUT2D eigenvalue weighted by molar-refractivity contribution is 6.34. The summed E-state index contributed by atoms with van der Waals surface area (Å²) in [5, 5.41) is 14.5. The molecule has 2 aromatic rings. The first-order valence-electron chi connectivity index (χ1n) is 7.81. The van der Waals surface area contributed by atoms with Gasteiger partial charge in [-0.3, -0.25) is 4.57 Å². The zero-order valence-corrected chi connectivity index (χ0v) is 15.0. The van der Waals surface area contributed by atoms with E-state index in [-0.39, 0.29) is 6.54 Å². The van der Waals surface area contributed by atoms with Crippen molar-refractivity contribution in [2.24, 2.45) is 0 Å². The van der Waals surface area contributed by atoms with Crippen LogP contribution in [0.2, 0.25) is 10.0 Å². The molecular weight excluding hydrogens is 353 g/mol. The Kier molecular flexibility index (Phi) is 6.07. The van der Waals surface area contributed by atoms with Gasteiger partial charge in [0.25, 0.3) is 0 Å². The lowest BCUT2D eigenvalue weighted by Gasteiger charge is -2.19. The molecule has 0 aliphatic carbocycles. The monoisotopic (exact) mass is 371 g/mol. The number of aliphatic carboxylic acids is 1. The first kappa shape index (κ1) is 18.5. The van der Waals surface area contributed by atoms with E-state index in [9.17, 15) is 14.7 Å². The maximum Gasteiger partial charge on any atom is 0.347 e. The summed E-state index contributed by atoms with van der Waals surface area (Å²) in [5.74, 6) is -0.495. The average molecular weight is 372 g/mol. The van der Waals surface area contributed by atoms with Crippen LogP contribution in [0.3, 0.4) is 0 Å². The molecule has 3 rings (SSSR count). The van der Waals surface area contributed by atoms with Gasteiger partial charge in [-0.25, -0.2) is 14.3 Å². The van der Waals surface area contributed by atoms with E-state index in [4.69, 9.17) is 23.2 Å². The first-order chi connectivity index (χ1) is 11.5. The lowest BCUT2D eigenvalue weighted by atomic mass is 10.1. The lowest BCUT2D eigenvalue weighted by molar-refractivity contribution is -0.141. The Bertz CT molecular complexity index is 778. The molecule has 8 heteroatoms. The molecule has 24 heavy (non-hydrogen) atoms. The highest BCUT2D eigenvalue weighted by atomic mass is 35.5. The number of nitrogens with zero attached hydrogens (tertiary/aromatic N) is 3. The number of aromatic nitrogens is 3. The van der Waals surface area contributed by atoms with Gasteiger partial charge in [0.05, 0.1) is 6.54 Å². The summed E-state index contributed by atoms with van der Waals surface area (Å²) < 4.78 is 2.54. The van der Waals surface area contributed by atoms with Gasteiger partial charge in [-0.05, 0) is 36.6 Å². The number of hydrogen-bond acceptors (Lipinski definition) is 3. The number of rotatable bonds is 3. The van der Waals surface area contributed by atoms with Gasteiger partial charge in [0.15, 0.2) is 0 Å². The van der Waals surface area contributed by atoms with Gasteiger partial charge >= 0.3 is 11.7 Å². The predicted molar refractivity (Wildman–Crippen MR) is 93.0 cm³/mol. The Morgan fingerprint density at radius 3 is 2.50 bits per heavy atom. The summed E-state index contributed by atoms with van der Waals surface area (Å²) >= 11 is 11.9. The number of carbonyl (C=O) groups is 1. The van der Waals surface area contributed by atoms with Crippen molar-refractivity contribution in [3.63, 3.8) is 0 Å². The molecule has 1 N–H and O–H groups in total. The Hall–Kier alpha value is -1.79. The van der Waals surface area contributed by atoms with Gasteiger partial charge in [0.2, 0.25) is 0 Å². The molecule has 2 heterocycles. The van der Waals surface area contributed by atoms with Crippen LogP contribution in [-0.2, 0) is 17.8 Å². The van der Waals surface area contributed by atoms with Crippen LogP contribution >= 0.6 is 23.2 Å². The van der Waals surface area contributed by atoms with Gasteiger partial charge in [-0.15, -0.1) is 0 Å². The minimum Gasteiger partial charge on any atom is -0.480 e. The normalized spacial score (nSPS) is 16.1. The van der Waals surface area contributed by atoms with E-state index < -0.39 is 17.7 Å². The number of halogens is 2. The number of carboxylic acid groups (broad SMARTS) is 1. The summed E-state index contributed by atoms with van der Waals surface area (Å²) in [7, 11) is 0. The van der Waals surface area contributed by atoms with Crippen molar-refractivity contribution in [2.45, 2.75) is 45.7 Å². The second kappa shape index (κ2) is 7.85. The smallest absolute Gasteiger partial charge is 0.347 e. The van der Waals surface area contributed by atoms with Crippen LogP contribution in [0.4, 0.5) is 0 Å². The number of benzene rings is 1. The van der Waals surface area contributed by atoms with E-state index in [1.165, 1.54) is 9.25 Å². The maximum atomic E-state index is 12.4. The zero-order valence-electron chi connectivity index (χ0n) is 13.5. The van der Waals surface area contributed by atoms with Gasteiger partial charge < -0.3 is 5.11 Å². The molecule has 1 atom stereocenters. The van der Waals surface area contributed by atoms with Gasteiger partial charge in [-0.2, -0.15) is 5.10 Å². The summed E-state index contributed by atoms with van der Waals surface area (Å²) in [6.45, 7) is 4.20. The van der Waals surface area contributed by atoms with E-state index in [1.807, 2.05) is 13.8 Å². The minimum absolute atomic E-state index is 0.200. The second-order valence-corrected chi connectivity index (χ2v) is 6.12. The van der Waals surface area contributed by atoms with E-state index in [2.05, 4.69) is 5.10 Å². The highest BCUT2D eigenvalue weighted by Gasteiger charge is 2.30. The Balaban J connectivity index is 0.00000100. The molecule has 0 saturated carbocycles. The summed E-state index contributed by atoms with van der Waals surface area (Å²) in [4.78, 5) is 23.7. The van der Waals surface area contributed by atoms with Crippen LogP contribution in [0.5, 0.6) is 0 Å². The zero-order chi connectivity index (χ0) is 17.9. The molecular formula is C16H19Cl2N3O3. The topological polar surface area (TPSA) is 77.1 Å². The molecule has 1 aliphatic heterocycles. The largest absolute Gasteiger partial charge is 0.480 e. The quantitative estimate of drug-likeness (QED) is 0.896. The SMILES string of the molecule is CC.O=C(O)C1CCCc2nn(Cc3cc(Cl)cc(Cl)c3)c(=O)n21. The Labute approximate surface area is 149 Å². The molecule has 1 aliphatic rings. The van der Waals surface area contributed by atoms with Crippen molar-refractivity contribution in [2.75, 3.05) is 0 Å². The fraction of sp³-hybridized carbons (Fsp3) is 0.438. The summed E-state index contributed by atoms with van der Waals surface area (Å²) in [5.41, 5.74) is 0.320. The third-order valence-corrected chi connectivity index (χ3v) is 4.11. The van der Waals surface area contributed by atoms with Crippen LogP contribution < -0.4 is 5.69 Å². The van der Waals surface area contributed by atoms with E-state index in [1.54, 1.807) is 18.2 Å². The molecule has 130 valence electrons. The molecule has 0 radical (unpaired) electrons. The van der Waals surface area contributed by atoms with Crippen molar-refractivity contribution >= 4 is 29.2 Å². The third-order valence-electron chi connectivity index (χ3n) is 3.67. The van der Waals surface area contributed by atoms with Crippen molar-refractivity contribution in [1.82, 2.24) is 14.3 Å². The minimum atomic E-state index is -1.01. The van der Waals surface area contributed by atoms with Crippen molar-refractivity contribution < 1.29 is 9.90 Å². The molecule has 0 saturated heterocycles. The van der Waals surface area contributed by atoms with Crippen LogP contribution in [0.25, 0.3) is 0 Å². The molecule has 1 unspecified atom stereocenters. The lowest BCUT2D eigenvalue weighted by Crippen LogP contribution is -2.34. The van der Waals surface area contributed by atoms with Gasteiger partial charge in [0, 0.05) is 16.5 Å². The number of carboxylic acids is 1. The van der Waals surface area contributed by atoms with Crippen LogP contribution in [0, 0.1) is 0 Å².